The van der Waals surface area contributed by atoms with Gasteiger partial charge in [-0.25, -0.2) is 4.72 Å². The van der Waals surface area contributed by atoms with Gasteiger partial charge >= 0.3 is 0 Å². The minimum atomic E-state index is -3.39. The molecular formula is C8H19N3O3S. The van der Waals surface area contributed by atoms with Gasteiger partial charge in [-0.05, 0) is 13.8 Å². The summed E-state index contributed by atoms with van der Waals surface area (Å²) in [5.74, 6) is 0. The highest BCUT2D eigenvalue weighted by Gasteiger charge is 2.25. The lowest BCUT2D eigenvalue weighted by atomic mass is 10.1. The SMILES string of the molecule is CC(C)(N)CNS(=O)(=O)N1CCOCC1. The van der Waals surface area contributed by atoms with Crippen molar-refractivity contribution in [2.24, 2.45) is 5.73 Å². The van der Waals surface area contributed by atoms with Gasteiger partial charge in [0.2, 0.25) is 0 Å². The Bertz CT molecular complexity index is 291. The van der Waals surface area contributed by atoms with Crippen molar-refractivity contribution < 1.29 is 13.2 Å². The summed E-state index contributed by atoms with van der Waals surface area (Å²) in [5, 5.41) is 0. The number of ether oxygens (including phenoxy) is 1. The Balaban J connectivity index is 2.51. The maximum absolute atomic E-state index is 11.7. The van der Waals surface area contributed by atoms with Crippen LogP contribution in [-0.2, 0) is 14.9 Å². The fourth-order valence-electron chi connectivity index (χ4n) is 1.16. The van der Waals surface area contributed by atoms with Crippen LogP contribution in [0.25, 0.3) is 0 Å². The van der Waals surface area contributed by atoms with Crippen molar-refractivity contribution in [3.8, 4) is 0 Å². The van der Waals surface area contributed by atoms with Crippen LogP contribution in [0.3, 0.4) is 0 Å². The van der Waals surface area contributed by atoms with Gasteiger partial charge in [0.25, 0.3) is 10.2 Å². The van der Waals surface area contributed by atoms with E-state index in [-0.39, 0.29) is 6.54 Å². The van der Waals surface area contributed by atoms with Crippen LogP contribution >= 0.6 is 0 Å². The summed E-state index contributed by atoms with van der Waals surface area (Å²) in [6, 6.07) is 0. The van der Waals surface area contributed by atoms with Crippen LogP contribution in [0.4, 0.5) is 0 Å². The third-order valence-electron chi connectivity index (χ3n) is 2.02. The highest BCUT2D eigenvalue weighted by atomic mass is 32.2. The van der Waals surface area contributed by atoms with Crippen LogP contribution in [0.5, 0.6) is 0 Å². The number of nitrogens with zero attached hydrogens (tertiary/aromatic N) is 1. The van der Waals surface area contributed by atoms with Crippen LogP contribution in [0, 0.1) is 0 Å². The summed E-state index contributed by atoms with van der Waals surface area (Å²) >= 11 is 0. The number of rotatable bonds is 4. The van der Waals surface area contributed by atoms with Crippen molar-refractivity contribution >= 4 is 10.2 Å². The van der Waals surface area contributed by atoms with Crippen LogP contribution in [0.1, 0.15) is 13.8 Å². The fraction of sp³-hybridized carbons (Fsp3) is 1.00. The van der Waals surface area contributed by atoms with Gasteiger partial charge in [-0.3, -0.25) is 0 Å². The monoisotopic (exact) mass is 237 g/mol. The molecule has 15 heavy (non-hydrogen) atoms. The van der Waals surface area contributed by atoms with Crippen molar-refractivity contribution in [3.05, 3.63) is 0 Å². The zero-order chi connectivity index (χ0) is 11.5. The van der Waals surface area contributed by atoms with Crippen LogP contribution in [0.15, 0.2) is 0 Å². The molecular weight excluding hydrogens is 218 g/mol. The third-order valence-corrected chi connectivity index (χ3v) is 3.57. The van der Waals surface area contributed by atoms with Crippen molar-refractivity contribution in [2.45, 2.75) is 19.4 Å². The molecule has 0 bridgehead atoms. The average molecular weight is 237 g/mol. The predicted molar refractivity (Wildman–Crippen MR) is 57.6 cm³/mol. The molecule has 6 nitrogen and oxygen atoms in total. The lowest BCUT2D eigenvalue weighted by molar-refractivity contribution is 0.0724. The van der Waals surface area contributed by atoms with Crippen LogP contribution in [0.2, 0.25) is 0 Å². The molecule has 90 valence electrons. The molecule has 0 aliphatic carbocycles. The Morgan fingerprint density at radius 1 is 1.40 bits per heavy atom. The number of nitrogens with one attached hydrogen (secondary N) is 1. The van der Waals surface area contributed by atoms with Gasteiger partial charge in [-0.2, -0.15) is 12.7 Å². The molecule has 0 aromatic heterocycles. The second-order valence-electron chi connectivity index (χ2n) is 4.33. The zero-order valence-corrected chi connectivity index (χ0v) is 10.0. The van der Waals surface area contributed by atoms with Crippen molar-refractivity contribution in [1.82, 2.24) is 9.03 Å². The number of hydrogen-bond acceptors (Lipinski definition) is 4. The molecule has 3 N–H and O–H groups in total. The third kappa shape index (κ3) is 4.43. The lowest BCUT2D eigenvalue weighted by Gasteiger charge is -2.28. The molecule has 0 aromatic rings. The van der Waals surface area contributed by atoms with E-state index in [9.17, 15) is 8.42 Å². The summed E-state index contributed by atoms with van der Waals surface area (Å²) in [5.41, 5.74) is 5.16. The highest BCUT2D eigenvalue weighted by Crippen LogP contribution is 2.04. The van der Waals surface area contributed by atoms with Crippen molar-refractivity contribution in [2.75, 3.05) is 32.8 Å². The quantitative estimate of drug-likeness (QED) is 0.649. The Morgan fingerprint density at radius 2 is 1.93 bits per heavy atom. The van der Waals surface area contributed by atoms with Gasteiger partial charge in [0, 0.05) is 25.2 Å². The molecule has 0 saturated carbocycles. The minimum absolute atomic E-state index is 0.229. The van der Waals surface area contributed by atoms with E-state index in [1.165, 1.54) is 4.31 Å². The van der Waals surface area contributed by atoms with E-state index in [0.717, 1.165) is 0 Å². The molecule has 0 amide bonds. The molecule has 1 heterocycles. The van der Waals surface area contributed by atoms with Gasteiger partial charge in [-0.15, -0.1) is 0 Å². The molecule has 1 fully saturated rings. The molecule has 1 aliphatic heterocycles. The second kappa shape index (κ2) is 4.75. The van der Waals surface area contributed by atoms with Gasteiger partial charge < -0.3 is 10.5 Å². The summed E-state index contributed by atoms with van der Waals surface area (Å²) in [7, 11) is -3.39. The van der Waals surface area contributed by atoms with E-state index in [1.807, 2.05) is 0 Å². The highest BCUT2D eigenvalue weighted by molar-refractivity contribution is 7.87. The first kappa shape index (κ1) is 12.9. The van der Waals surface area contributed by atoms with Crippen molar-refractivity contribution in [1.29, 1.82) is 0 Å². The summed E-state index contributed by atoms with van der Waals surface area (Å²) in [4.78, 5) is 0. The smallest absolute Gasteiger partial charge is 0.279 e. The topological polar surface area (TPSA) is 84.7 Å². The van der Waals surface area contributed by atoms with Gasteiger partial charge in [-0.1, -0.05) is 0 Å². The van der Waals surface area contributed by atoms with Crippen molar-refractivity contribution in [3.63, 3.8) is 0 Å². The number of morpholine rings is 1. The minimum Gasteiger partial charge on any atom is -0.379 e. The van der Waals surface area contributed by atoms with E-state index in [2.05, 4.69) is 4.72 Å². The van der Waals surface area contributed by atoms with Gasteiger partial charge in [0.05, 0.1) is 13.2 Å². The molecule has 0 atom stereocenters. The Hall–Kier alpha value is -0.210. The molecule has 0 unspecified atom stereocenters. The number of hydrogen-bond donors (Lipinski definition) is 2. The molecule has 1 aliphatic rings. The largest absolute Gasteiger partial charge is 0.379 e. The van der Waals surface area contributed by atoms with E-state index >= 15 is 0 Å². The first-order valence-electron chi connectivity index (χ1n) is 4.93. The first-order chi connectivity index (χ1) is 6.81. The average Bonchev–Trinajstić information content (AvgIpc) is 2.16. The summed E-state index contributed by atoms with van der Waals surface area (Å²) in [6.07, 6.45) is 0. The zero-order valence-electron chi connectivity index (χ0n) is 9.19. The maximum Gasteiger partial charge on any atom is 0.279 e. The Labute approximate surface area is 90.9 Å². The van der Waals surface area contributed by atoms with E-state index in [1.54, 1.807) is 13.8 Å². The second-order valence-corrected chi connectivity index (χ2v) is 6.08. The first-order valence-corrected chi connectivity index (χ1v) is 6.37. The maximum atomic E-state index is 11.7. The summed E-state index contributed by atoms with van der Waals surface area (Å²) < 4.78 is 32.4. The number of nitrogens with two attached hydrogens (primary N) is 1. The Kier molecular flexibility index (Phi) is 4.07. The van der Waals surface area contributed by atoms with Crippen LogP contribution in [-0.4, -0.2) is 51.1 Å². The molecule has 0 aromatic carbocycles. The lowest BCUT2D eigenvalue weighted by Crippen LogP contribution is -2.51. The van der Waals surface area contributed by atoms with E-state index in [4.69, 9.17) is 10.5 Å². The van der Waals surface area contributed by atoms with Gasteiger partial charge in [0.15, 0.2) is 0 Å². The molecule has 1 saturated heterocycles. The molecule has 0 spiro atoms. The standard InChI is InChI=1S/C8H19N3O3S/c1-8(2,9)7-10-15(12,13)11-3-5-14-6-4-11/h10H,3-7,9H2,1-2H3. The molecule has 0 radical (unpaired) electrons. The molecule has 7 heteroatoms. The molecule has 1 rings (SSSR count). The normalized spacial score (nSPS) is 20.5. The van der Waals surface area contributed by atoms with Crippen LogP contribution < -0.4 is 10.5 Å². The fourth-order valence-corrected chi connectivity index (χ4v) is 2.52. The summed E-state index contributed by atoms with van der Waals surface area (Å²) in [6.45, 7) is 5.48. The van der Waals surface area contributed by atoms with E-state index < -0.39 is 15.7 Å². The van der Waals surface area contributed by atoms with E-state index in [0.29, 0.717) is 26.3 Å². The Morgan fingerprint density at radius 3 is 2.40 bits per heavy atom. The predicted octanol–water partition coefficient (Wildman–Crippen LogP) is -1.11. The van der Waals surface area contributed by atoms with Gasteiger partial charge in [0.1, 0.15) is 0 Å².